The van der Waals surface area contributed by atoms with Gasteiger partial charge in [0.25, 0.3) is 0 Å². The molecule has 2 rings (SSSR count). The Balaban J connectivity index is 2.01. The molecule has 2 heterocycles. The Labute approximate surface area is 104 Å². The summed E-state index contributed by atoms with van der Waals surface area (Å²) in [5, 5.41) is 16.5. The average Bonchev–Trinajstić information content (AvgIpc) is 2.60. The monoisotopic (exact) mass is 255 g/mol. The third kappa shape index (κ3) is 2.83. The third-order valence-corrected chi connectivity index (χ3v) is 4.04. The molecule has 0 saturated carbocycles. The quantitative estimate of drug-likeness (QED) is 0.729. The molecule has 94 valence electrons. The molecule has 0 radical (unpaired) electrons. The van der Waals surface area contributed by atoms with Crippen LogP contribution in [0.15, 0.2) is 6.20 Å². The van der Waals surface area contributed by atoms with E-state index in [-0.39, 0.29) is 18.0 Å². The van der Waals surface area contributed by atoms with E-state index in [1.807, 2.05) is 20.0 Å². The van der Waals surface area contributed by atoms with Crippen LogP contribution in [0.1, 0.15) is 29.3 Å². The molecule has 17 heavy (non-hydrogen) atoms. The van der Waals surface area contributed by atoms with Crippen LogP contribution in [0.25, 0.3) is 0 Å². The SMILES string of the molecule is Cc1cnc(C(C)NC2(CC(=O)O)CNC2)s1. The van der Waals surface area contributed by atoms with Gasteiger partial charge in [-0.1, -0.05) is 0 Å². The van der Waals surface area contributed by atoms with Crippen molar-refractivity contribution in [1.82, 2.24) is 15.6 Å². The Morgan fingerprint density at radius 2 is 2.47 bits per heavy atom. The summed E-state index contributed by atoms with van der Waals surface area (Å²) in [7, 11) is 0. The highest BCUT2D eigenvalue weighted by molar-refractivity contribution is 7.11. The molecule has 1 aromatic heterocycles. The Bertz CT molecular complexity index is 415. The van der Waals surface area contributed by atoms with Crippen LogP contribution in [0.5, 0.6) is 0 Å². The van der Waals surface area contributed by atoms with Gasteiger partial charge < -0.3 is 10.4 Å². The summed E-state index contributed by atoms with van der Waals surface area (Å²) in [5.41, 5.74) is -0.315. The summed E-state index contributed by atoms with van der Waals surface area (Å²) >= 11 is 1.65. The standard InChI is InChI=1S/C11H17N3O2S/c1-7-4-13-10(17-7)8(2)14-11(3-9(15)16)5-12-6-11/h4,8,12,14H,3,5-6H2,1-2H3,(H,15,16). The van der Waals surface area contributed by atoms with Crippen molar-refractivity contribution in [2.24, 2.45) is 0 Å². The van der Waals surface area contributed by atoms with Crippen molar-refractivity contribution in [3.63, 3.8) is 0 Å². The summed E-state index contributed by atoms with van der Waals surface area (Å²) < 4.78 is 0. The topological polar surface area (TPSA) is 74.2 Å². The van der Waals surface area contributed by atoms with Gasteiger partial charge >= 0.3 is 5.97 Å². The number of hydrogen-bond donors (Lipinski definition) is 3. The second-order valence-corrected chi connectivity index (χ2v) is 5.90. The molecule has 1 aromatic rings. The van der Waals surface area contributed by atoms with Gasteiger partial charge in [-0.3, -0.25) is 10.1 Å². The van der Waals surface area contributed by atoms with E-state index in [2.05, 4.69) is 15.6 Å². The number of rotatable bonds is 5. The van der Waals surface area contributed by atoms with Crippen LogP contribution in [0.2, 0.25) is 0 Å². The molecule has 0 aliphatic carbocycles. The maximum atomic E-state index is 10.8. The molecule has 0 bridgehead atoms. The number of aryl methyl sites for hydroxylation is 1. The van der Waals surface area contributed by atoms with Crippen molar-refractivity contribution in [3.8, 4) is 0 Å². The van der Waals surface area contributed by atoms with E-state index in [1.54, 1.807) is 11.3 Å². The third-order valence-electron chi connectivity index (χ3n) is 2.95. The predicted octanol–water partition coefficient (Wildman–Crippen LogP) is 0.919. The van der Waals surface area contributed by atoms with Gasteiger partial charge in [-0.05, 0) is 13.8 Å². The molecule has 1 saturated heterocycles. The number of thiazole rings is 1. The van der Waals surface area contributed by atoms with Crippen molar-refractivity contribution in [2.75, 3.05) is 13.1 Å². The fraction of sp³-hybridized carbons (Fsp3) is 0.636. The van der Waals surface area contributed by atoms with Crippen LogP contribution in [-0.2, 0) is 4.79 Å². The van der Waals surface area contributed by atoms with Crippen LogP contribution in [-0.4, -0.2) is 34.7 Å². The zero-order valence-electron chi connectivity index (χ0n) is 9.99. The zero-order valence-corrected chi connectivity index (χ0v) is 10.8. The second kappa shape index (κ2) is 4.72. The van der Waals surface area contributed by atoms with Crippen LogP contribution < -0.4 is 10.6 Å². The molecular formula is C11H17N3O2S. The lowest BCUT2D eigenvalue weighted by molar-refractivity contribution is -0.139. The molecule has 1 unspecified atom stereocenters. The number of aromatic nitrogens is 1. The minimum absolute atomic E-state index is 0.0927. The van der Waals surface area contributed by atoms with E-state index in [9.17, 15) is 4.79 Å². The molecule has 3 N–H and O–H groups in total. The number of nitrogens with one attached hydrogen (secondary N) is 2. The van der Waals surface area contributed by atoms with Crippen LogP contribution in [0.3, 0.4) is 0 Å². The smallest absolute Gasteiger partial charge is 0.305 e. The molecule has 5 nitrogen and oxygen atoms in total. The molecule has 6 heteroatoms. The normalized spacial score (nSPS) is 19.6. The van der Waals surface area contributed by atoms with Crippen molar-refractivity contribution in [3.05, 3.63) is 16.1 Å². The number of carbonyl (C=O) groups is 1. The fourth-order valence-corrected chi connectivity index (χ4v) is 2.86. The largest absolute Gasteiger partial charge is 0.481 e. The van der Waals surface area contributed by atoms with Crippen molar-refractivity contribution in [1.29, 1.82) is 0 Å². The van der Waals surface area contributed by atoms with Gasteiger partial charge in [0.15, 0.2) is 0 Å². The maximum Gasteiger partial charge on any atom is 0.305 e. The van der Waals surface area contributed by atoms with E-state index in [1.165, 1.54) is 4.88 Å². The van der Waals surface area contributed by atoms with E-state index in [0.717, 1.165) is 5.01 Å². The van der Waals surface area contributed by atoms with Gasteiger partial charge in [-0.25, -0.2) is 4.98 Å². The minimum Gasteiger partial charge on any atom is -0.481 e. The van der Waals surface area contributed by atoms with Crippen LogP contribution in [0.4, 0.5) is 0 Å². The van der Waals surface area contributed by atoms with Gasteiger partial charge in [0, 0.05) is 24.2 Å². The zero-order chi connectivity index (χ0) is 12.5. The molecule has 0 spiro atoms. The molecule has 1 atom stereocenters. The summed E-state index contributed by atoms with van der Waals surface area (Å²) in [6.07, 6.45) is 2.00. The minimum atomic E-state index is -0.762. The van der Waals surface area contributed by atoms with Gasteiger partial charge in [-0.15, -0.1) is 11.3 Å². The molecular weight excluding hydrogens is 238 g/mol. The maximum absolute atomic E-state index is 10.8. The van der Waals surface area contributed by atoms with Crippen molar-refractivity contribution in [2.45, 2.75) is 31.8 Å². The first-order chi connectivity index (χ1) is 8.01. The van der Waals surface area contributed by atoms with E-state index in [0.29, 0.717) is 13.1 Å². The number of hydrogen-bond acceptors (Lipinski definition) is 5. The first-order valence-corrected chi connectivity index (χ1v) is 6.45. The summed E-state index contributed by atoms with van der Waals surface area (Å²) in [5.74, 6) is -0.762. The fourth-order valence-electron chi connectivity index (χ4n) is 2.09. The Kier molecular flexibility index (Phi) is 3.46. The van der Waals surface area contributed by atoms with Crippen molar-refractivity contribution < 1.29 is 9.90 Å². The lowest BCUT2D eigenvalue weighted by atomic mass is 9.88. The van der Waals surface area contributed by atoms with Gasteiger partial charge in [0.05, 0.1) is 18.0 Å². The lowest BCUT2D eigenvalue weighted by Crippen LogP contribution is -2.68. The second-order valence-electron chi connectivity index (χ2n) is 4.63. The van der Waals surface area contributed by atoms with Crippen LogP contribution >= 0.6 is 11.3 Å². The Morgan fingerprint density at radius 1 is 1.76 bits per heavy atom. The molecule has 0 amide bonds. The Morgan fingerprint density at radius 3 is 2.88 bits per heavy atom. The predicted molar refractivity (Wildman–Crippen MR) is 66.3 cm³/mol. The molecule has 1 fully saturated rings. The van der Waals surface area contributed by atoms with Gasteiger partial charge in [0.1, 0.15) is 5.01 Å². The number of nitrogens with zero attached hydrogens (tertiary/aromatic N) is 1. The molecule has 1 aliphatic heterocycles. The van der Waals surface area contributed by atoms with Gasteiger partial charge in [-0.2, -0.15) is 0 Å². The summed E-state index contributed by atoms with van der Waals surface area (Å²) in [4.78, 5) is 16.3. The summed E-state index contributed by atoms with van der Waals surface area (Å²) in [6.45, 7) is 5.45. The highest BCUT2D eigenvalue weighted by Gasteiger charge is 2.40. The number of aliphatic carboxylic acids is 1. The number of carboxylic acid groups (broad SMARTS) is 1. The molecule has 0 aromatic carbocycles. The number of carboxylic acids is 1. The summed E-state index contributed by atoms with van der Waals surface area (Å²) in [6, 6.07) is 0.0927. The first-order valence-electron chi connectivity index (χ1n) is 5.63. The lowest BCUT2D eigenvalue weighted by Gasteiger charge is -2.44. The van der Waals surface area contributed by atoms with E-state index in [4.69, 9.17) is 5.11 Å². The van der Waals surface area contributed by atoms with E-state index >= 15 is 0 Å². The molecule has 1 aliphatic rings. The van der Waals surface area contributed by atoms with Crippen LogP contribution in [0, 0.1) is 6.92 Å². The van der Waals surface area contributed by atoms with E-state index < -0.39 is 5.97 Å². The first kappa shape index (κ1) is 12.5. The highest BCUT2D eigenvalue weighted by atomic mass is 32.1. The average molecular weight is 255 g/mol. The highest BCUT2D eigenvalue weighted by Crippen LogP contribution is 2.25. The van der Waals surface area contributed by atoms with Crippen molar-refractivity contribution >= 4 is 17.3 Å². The van der Waals surface area contributed by atoms with Gasteiger partial charge in [0.2, 0.25) is 0 Å². The Hall–Kier alpha value is -0.980.